The first kappa shape index (κ1) is 11.4. The molecular formula is C10H14ClFN2. The molecule has 0 aliphatic rings. The van der Waals surface area contributed by atoms with E-state index in [0.717, 1.165) is 18.4 Å². The van der Waals surface area contributed by atoms with Crippen molar-refractivity contribution in [3.63, 3.8) is 0 Å². The van der Waals surface area contributed by atoms with Crippen molar-refractivity contribution in [2.24, 2.45) is 11.5 Å². The zero-order valence-electron chi connectivity index (χ0n) is 7.84. The standard InChI is InChI=1S/C10H14ClFN2/c11-8-4-7(5-9(12)6-8)10(14)2-1-3-13/h4-6,10H,1-3,13-14H2/t10-/m0/s1. The molecule has 0 bridgehead atoms. The maximum absolute atomic E-state index is 12.9. The largest absolute Gasteiger partial charge is 0.330 e. The summed E-state index contributed by atoms with van der Waals surface area (Å²) < 4.78 is 12.9. The van der Waals surface area contributed by atoms with E-state index in [1.54, 1.807) is 6.07 Å². The first-order valence-corrected chi connectivity index (χ1v) is 4.93. The van der Waals surface area contributed by atoms with Gasteiger partial charge in [0.05, 0.1) is 0 Å². The van der Waals surface area contributed by atoms with Crippen LogP contribution in [0.25, 0.3) is 0 Å². The fourth-order valence-electron chi connectivity index (χ4n) is 1.29. The molecule has 0 fully saturated rings. The van der Waals surface area contributed by atoms with Crippen LogP contribution >= 0.6 is 11.6 Å². The van der Waals surface area contributed by atoms with Crippen LogP contribution in [0.2, 0.25) is 5.02 Å². The molecule has 0 spiro atoms. The van der Waals surface area contributed by atoms with E-state index in [-0.39, 0.29) is 11.9 Å². The van der Waals surface area contributed by atoms with Crippen LogP contribution in [0.15, 0.2) is 18.2 Å². The molecule has 1 rings (SSSR count). The highest BCUT2D eigenvalue weighted by Crippen LogP contribution is 2.21. The normalized spacial score (nSPS) is 12.9. The van der Waals surface area contributed by atoms with Crippen LogP contribution in [0.1, 0.15) is 24.4 Å². The molecule has 1 atom stereocenters. The second kappa shape index (κ2) is 5.29. The lowest BCUT2D eigenvalue weighted by Crippen LogP contribution is -2.12. The van der Waals surface area contributed by atoms with Crippen LogP contribution in [0.5, 0.6) is 0 Å². The van der Waals surface area contributed by atoms with E-state index in [1.807, 2.05) is 0 Å². The van der Waals surface area contributed by atoms with Gasteiger partial charge in [0.15, 0.2) is 0 Å². The Hall–Kier alpha value is -0.640. The molecule has 1 aromatic carbocycles. The molecule has 0 saturated carbocycles. The van der Waals surface area contributed by atoms with Gasteiger partial charge in [-0.2, -0.15) is 0 Å². The van der Waals surface area contributed by atoms with E-state index in [2.05, 4.69) is 0 Å². The Morgan fingerprint density at radius 3 is 2.64 bits per heavy atom. The molecule has 78 valence electrons. The summed E-state index contributed by atoms with van der Waals surface area (Å²) in [6.07, 6.45) is 1.57. The van der Waals surface area contributed by atoms with Gasteiger partial charge in [0.2, 0.25) is 0 Å². The average Bonchev–Trinajstić information content (AvgIpc) is 2.12. The zero-order valence-corrected chi connectivity index (χ0v) is 8.60. The molecule has 0 unspecified atom stereocenters. The van der Waals surface area contributed by atoms with Crippen molar-refractivity contribution in [1.29, 1.82) is 0 Å². The van der Waals surface area contributed by atoms with Crippen LogP contribution in [0.3, 0.4) is 0 Å². The lowest BCUT2D eigenvalue weighted by molar-refractivity contribution is 0.597. The smallest absolute Gasteiger partial charge is 0.125 e. The van der Waals surface area contributed by atoms with Gasteiger partial charge in [-0.15, -0.1) is 0 Å². The Labute approximate surface area is 88.0 Å². The maximum Gasteiger partial charge on any atom is 0.125 e. The number of hydrogen-bond donors (Lipinski definition) is 2. The Morgan fingerprint density at radius 2 is 2.07 bits per heavy atom. The van der Waals surface area contributed by atoms with Crippen molar-refractivity contribution in [3.8, 4) is 0 Å². The van der Waals surface area contributed by atoms with Crippen LogP contribution in [-0.2, 0) is 0 Å². The highest BCUT2D eigenvalue weighted by atomic mass is 35.5. The van der Waals surface area contributed by atoms with E-state index in [9.17, 15) is 4.39 Å². The lowest BCUT2D eigenvalue weighted by Gasteiger charge is -2.11. The highest BCUT2D eigenvalue weighted by Gasteiger charge is 2.07. The molecule has 14 heavy (non-hydrogen) atoms. The van der Waals surface area contributed by atoms with Crippen molar-refractivity contribution in [1.82, 2.24) is 0 Å². The maximum atomic E-state index is 12.9. The van der Waals surface area contributed by atoms with Crippen molar-refractivity contribution >= 4 is 11.6 Å². The third-order valence-electron chi connectivity index (χ3n) is 2.03. The lowest BCUT2D eigenvalue weighted by atomic mass is 10.0. The molecule has 0 amide bonds. The summed E-state index contributed by atoms with van der Waals surface area (Å²) in [4.78, 5) is 0. The van der Waals surface area contributed by atoms with Gasteiger partial charge in [0, 0.05) is 11.1 Å². The molecular weight excluding hydrogens is 203 g/mol. The van der Waals surface area contributed by atoms with Crippen molar-refractivity contribution in [2.45, 2.75) is 18.9 Å². The first-order valence-electron chi connectivity index (χ1n) is 4.55. The van der Waals surface area contributed by atoms with Crippen molar-refractivity contribution in [2.75, 3.05) is 6.54 Å². The summed E-state index contributed by atoms with van der Waals surface area (Å²) in [7, 11) is 0. The van der Waals surface area contributed by atoms with Crippen LogP contribution in [0, 0.1) is 5.82 Å². The molecule has 2 nitrogen and oxygen atoms in total. The van der Waals surface area contributed by atoms with Gasteiger partial charge < -0.3 is 11.5 Å². The summed E-state index contributed by atoms with van der Waals surface area (Å²) >= 11 is 5.71. The molecule has 4 heteroatoms. The minimum absolute atomic E-state index is 0.188. The highest BCUT2D eigenvalue weighted by molar-refractivity contribution is 6.30. The van der Waals surface area contributed by atoms with Gasteiger partial charge in [-0.05, 0) is 43.1 Å². The SMILES string of the molecule is NCCC[C@H](N)c1cc(F)cc(Cl)c1. The van der Waals surface area contributed by atoms with Gasteiger partial charge in [-0.3, -0.25) is 0 Å². The summed E-state index contributed by atoms with van der Waals surface area (Å²) in [6, 6.07) is 4.17. The quantitative estimate of drug-likeness (QED) is 0.811. The van der Waals surface area contributed by atoms with Gasteiger partial charge in [-0.25, -0.2) is 4.39 Å². The zero-order chi connectivity index (χ0) is 10.6. The second-order valence-electron chi connectivity index (χ2n) is 3.24. The number of halogens is 2. The van der Waals surface area contributed by atoms with Crippen molar-refractivity contribution in [3.05, 3.63) is 34.6 Å². The minimum atomic E-state index is -0.351. The van der Waals surface area contributed by atoms with Gasteiger partial charge >= 0.3 is 0 Å². The Kier molecular flexibility index (Phi) is 4.32. The third-order valence-corrected chi connectivity index (χ3v) is 2.25. The monoisotopic (exact) mass is 216 g/mol. The molecule has 1 aromatic rings. The number of hydrogen-bond acceptors (Lipinski definition) is 2. The molecule has 0 aromatic heterocycles. The Morgan fingerprint density at radius 1 is 1.36 bits per heavy atom. The number of nitrogens with two attached hydrogens (primary N) is 2. The summed E-state index contributed by atoms with van der Waals surface area (Å²) in [5, 5.41) is 0.378. The molecule has 4 N–H and O–H groups in total. The predicted molar refractivity (Wildman–Crippen MR) is 56.6 cm³/mol. The summed E-state index contributed by atoms with van der Waals surface area (Å²) in [6.45, 7) is 0.594. The van der Waals surface area contributed by atoms with Gasteiger partial charge in [-0.1, -0.05) is 11.6 Å². The third kappa shape index (κ3) is 3.25. The molecule has 0 aliphatic carbocycles. The number of benzene rings is 1. The summed E-state index contributed by atoms with van der Waals surface area (Å²) in [5.41, 5.74) is 11.9. The topological polar surface area (TPSA) is 52.0 Å². The van der Waals surface area contributed by atoms with Crippen LogP contribution < -0.4 is 11.5 Å². The average molecular weight is 217 g/mol. The minimum Gasteiger partial charge on any atom is -0.330 e. The second-order valence-corrected chi connectivity index (χ2v) is 3.68. The Bertz CT molecular complexity index is 284. The molecule has 0 radical (unpaired) electrons. The number of rotatable bonds is 4. The Balaban J connectivity index is 2.73. The van der Waals surface area contributed by atoms with E-state index in [1.165, 1.54) is 12.1 Å². The fraction of sp³-hybridized carbons (Fsp3) is 0.400. The fourth-order valence-corrected chi connectivity index (χ4v) is 1.52. The predicted octanol–water partition coefficient (Wildman–Crippen LogP) is 2.22. The summed E-state index contributed by atoms with van der Waals surface area (Å²) in [5.74, 6) is -0.351. The van der Waals surface area contributed by atoms with E-state index < -0.39 is 0 Å². The molecule has 0 aliphatic heterocycles. The van der Waals surface area contributed by atoms with E-state index >= 15 is 0 Å². The molecule has 0 saturated heterocycles. The first-order chi connectivity index (χ1) is 6.63. The van der Waals surface area contributed by atoms with E-state index in [0.29, 0.717) is 11.6 Å². The van der Waals surface area contributed by atoms with Gasteiger partial charge in [0.25, 0.3) is 0 Å². The van der Waals surface area contributed by atoms with E-state index in [4.69, 9.17) is 23.1 Å². The van der Waals surface area contributed by atoms with Gasteiger partial charge in [0.1, 0.15) is 5.82 Å². The molecule has 0 heterocycles. The van der Waals surface area contributed by atoms with Crippen molar-refractivity contribution < 1.29 is 4.39 Å². The van der Waals surface area contributed by atoms with Crippen LogP contribution in [-0.4, -0.2) is 6.54 Å². The van der Waals surface area contributed by atoms with Crippen LogP contribution in [0.4, 0.5) is 4.39 Å².